The number of carbonyl (C=O) groups is 2. The smallest absolute Gasteiger partial charge is 0.338 e. The van der Waals surface area contributed by atoms with Crippen LogP contribution in [-0.4, -0.2) is 29.8 Å². The summed E-state index contributed by atoms with van der Waals surface area (Å²) in [6.45, 7) is 4.21. The van der Waals surface area contributed by atoms with Crippen LogP contribution < -0.4 is 5.32 Å². The normalized spacial score (nSPS) is 36.9. The van der Waals surface area contributed by atoms with Gasteiger partial charge < -0.3 is 10.2 Å². The zero-order valence-corrected chi connectivity index (χ0v) is 21.5. The zero-order valence-electron chi connectivity index (χ0n) is 21.5. The predicted octanol–water partition coefficient (Wildman–Crippen LogP) is 6.92. The first-order valence-electron chi connectivity index (χ1n) is 13.1. The van der Waals surface area contributed by atoms with Crippen LogP contribution in [0, 0.1) is 34.5 Å². The summed E-state index contributed by atoms with van der Waals surface area (Å²) in [5, 5.41) is 2.25. The van der Waals surface area contributed by atoms with Crippen LogP contribution in [0.3, 0.4) is 0 Å². The van der Waals surface area contributed by atoms with E-state index in [2.05, 4.69) is 12.2 Å². The molecule has 3 fully saturated rings. The number of alkyl halides is 6. The van der Waals surface area contributed by atoms with Crippen LogP contribution in [-0.2, 0) is 21.9 Å². The summed E-state index contributed by atoms with van der Waals surface area (Å²) >= 11 is 0. The molecule has 208 valence electrons. The topological polar surface area (TPSA) is 49.4 Å². The molecule has 3 saturated carbocycles. The standard InChI is InChI=1S/C28H32F6N2O2/c1-25-12-10-18-16(5-9-22-26(18,2)13-11-23(37)36(22)3)17(25)7-8-20(25)24(38)35-21-14-15(27(29,30)31)4-6-19(21)28(32,33)34/h4,6,11,13-14,16-18,20,22H,5,7-10,12H2,1-3H3,(H,35,38)/t16-,17-,18-,20+,22+,25-,26+/m0/s1. The lowest BCUT2D eigenvalue weighted by Gasteiger charge is -2.60. The molecule has 1 N–H and O–H groups in total. The minimum atomic E-state index is -4.91. The van der Waals surface area contributed by atoms with Crippen LogP contribution in [0.2, 0.25) is 0 Å². The highest BCUT2D eigenvalue weighted by Crippen LogP contribution is 2.65. The Balaban J connectivity index is 1.40. The Hall–Kier alpha value is -2.52. The van der Waals surface area contributed by atoms with Crippen molar-refractivity contribution in [1.82, 2.24) is 4.90 Å². The Kier molecular flexibility index (Phi) is 6.23. The molecule has 4 nitrogen and oxygen atoms in total. The Bertz CT molecular complexity index is 1180. The molecule has 4 aliphatic rings. The van der Waals surface area contributed by atoms with Gasteiger partial charge in [-0.25, -0.2) is 0 Å². The van der Waals surface area contributed by atoms with Gasteiger partial charge in [0.2, 0.25) is 11.8 Å². The van der Waals surface area contributed by atoms with Gasteiger partial charge in [0.05, 0.1) is 16.8 Å². The molecule has 0 saturated heterocycles. The summed E-state index contributed by atoms with van der Waals surface area (Å²) in [5.74, 6) is -0.458. The monoisotopic (exact) mass is 542 g/mol. The highest BCUT2D eigenvalue weighted by molar-refractivity contribution is 5.94. The number of hydrogen-bond donors (Lipinski definition) is 1. The van der Waals surface area contributed by atoms with Gasteiger partial charge in [-0.2, -0.15) is 26.3 Å². The molecule has 0 bridgehead atoms. The maximum atomic E-state index is 13.6. The van der Waals surface area contributed by atoms with E-state index in [0.29, 0.717) is 42.9 Å². The van der Waals surface area contributed by atoms with Crippen molar-refractivity contribution >= 4 is 17.5 Å². The Morgan fingerprint density at radius 1 is 0.974 bits per heavy atom. The molecule has 7 atom stereocenters. The molecule has 10 heteroatoms. The second-order valence-electron chi connectivity index (χ2n) is 12.0. The average molecular weight is 543 g/mol. The quantitative estimate of drug-likeness (QED) is 0.413. The number of rotatable bonds is 2. The molecule has 1 heterocycles. The van der Waals surface area contributed by atoms with Crippen LogP contribution in [0.1, 0.15) is 63.5 Å². The third-order valence-electron chi connectivity index (χ3n) is 10.4. The predicted molar refractivity (Wildman–Crippen MR) is 129 cm³/mol. The van der Waals surface area contributed by atoms with E-state index in [1.165, 1.54) is 0 Å². The van der Waals surface area contributed by atoms with Crippen molar-refractivity contribution in [3.63, 3.8) is 0 Å². The van der Waals surface area contributed by atoms with Crippen molar-refractivity contribution in [3.8, 4) is 0 Å². The van der Waals surface area contributed by atoms with E-state index in [4.69, 9.17) is 0 Å². The molecule has 0 spiro atoms. The molecule has 0 aromatic heterocycles. The van der Waals surface area contributed by atoms with Crippen molar-refractivity contribution in [2.75, 3.05) is 12.4 Å². The van der Waals surface area contributed by atoms with E-state index in [9.17, 15) is 35.9 Å². The number of hydrogen-bond acceptors (Lipinski definition) is 2. The van der Waals surface area contributed by atoms with Crippen LogP contribution in [0.25, 0.3) is 0 Å². The molecule has 0 radical (unpaired) electrons. The summed E-state index contributed by atoms with van der Waals surface area (Å²) in [6.07, 6.45) is -1.59. The van der Waals surface area contributed by atoms with Crippen molar-refractivity contribution in [2.24, 2.45) is 34.5 Å². The van der Waals surface area contributed by atoms with Crippen molar-refractivity contribution in [2.45, 2.75) is 70.8 Å². The molecule has 5 rings (SSSR count). The van der Waals surface area contributed by atoms with Gasteiger partial charge in [0, 0.05) is 24.4 Å². The van der Waals surface area contributed by atoms with Gasteiger partial charge >= 0.3 is 12.4 Å². The van der Waals surface area contributed by atoms with E-state index >= 15 is 0 Å². The Morgan fingerprint density at radius 2 is 1.68 bits per heavy atom. The van der Waals surface area contributed by atoms with Gasteiger partial charge in [0.1, 0.15) is 0 Å². The second kappa shape index (κ2) is 8.74. The van der Waals surface area contributed by atoms with Gasteiger partial charge in [-0.15, -0.1) is 0 Å². The molecule has 1 aromatic carbocycles. The molecule has 38 heavy (non-hydrogen) atoms. The van der Waals surface area contributed by atoms with Gasteiger partial charge in [-0.1, -0.05) is 19.9 Å². The fourth-order valence-corrected chi connectivity index (χ4v) is 8.46. The summed E-state index contributed by atoms with van der Waals surface area (Å²) in [5.41, 5.74) is -4.05. The lowest BCUT2D eigenvalue weighted by molar-refractivity contribution is -0.141. The van der Waals surface area contributed by atoms with Crippen molar-refractivity contribution < 1.29 is 35.9 Å². The van der Waals surface area contributed by atoms with Crippen LogP contribution in [0.15, 0.2) is 30.4 Å². The summed E-state index contributed by atoms with van der Waals surface area (Å²) in [6, 6.07) is 1.24. The lowest BCUT2D eigenvalue weighted by Crippen LogP contribution is -2.59. The molecular formula is C28H32F6N2O2. The number of anilines is 1. The molecular weight excluding hydrogens is 510 g/mol. The summed E-state index contributed by atoms with van der Waals surface area (Å²) in [7, 11) is 1.83. The Labute approximate surface area is 217 Å². The minimum Gasteiger partial charge on any atom is -0.338 e. The summed E-state index contributed by atoms with van der Waals surface area (Å²) < 4.78 is 80.5. The van der Waals surface area contributed by atoms with E-state index in [-0.39, 0.29) is 23.3 Å². The first-order chi connectivity index (χ1) is 17.6. The number of likely N-dealkylation sites (N-methyl/N-ethyl adjacent to an activating group) is 1. The number of nitrogens with one attached hydrogen (secondary N) is 1. The van der Waals surface area contributed by atoms with Gasteiger partial charge in [-0.3, -0.25) is 9.59 Å². The number of amides is 2. The highest BCUT2D eigenvalue weighted by Gasteiger charge is 2.61. The fraction of sp³-hybridized carbons (Fsp3) is 0.643. The molecule has 3 aliphatic carbocycles. The third-order valence-corrected chi connectivity index (χ3v) is 10.4. The molecule has 1 aromatic rings. The summed E-state index contributed by atoms with van der Waals surface area (Å²) in [4.78, 5) is 27.5. The van der Waals surface area contributed by atoms with Crippen molar-refractivity contribution in [1.29, 1.82) is 0 Å². The van der Waals surface area contributed by atoms with Crippen molar-refractivity contribution in [3.05, 3.63) is 41.5 Å². The fourth-order valence-electron chi connectivity index (χ4n) is 8.46. The van der Waals surface area contributed by atoms with Crippen LogP contribution in [0.4, 0.5) is 32.0 Å². The van der Waals surface area contributed by atoms with E-state index in [1.807, 2.05) is 24.9 Å². The zero-order chi connectivity index (χ0) is 27.8. The SMILES string of the molecule is CN1C(=O)C=C[C@]2(C)[C@H]3CC[C@]4(C)[C@@H](C(=O)Nc5cc(C(F)(F)F)ccc5C(F)(F)F)CC[C@H]4[C@@H]3CC[C@@H]12. The minimum absolute atomic E-state index is 0.00278. The van der Waals surface area contributed by atoms with Gasteiger partial charge in [0.15, 0.2) is 0 Å². The largest absolute Gasteiger partial charge is 0.418 e. The average Bonchev–Trinajstić information content (AvgIpc) is 3.18. The number of halogens is 6. The Morgan fingerprint density at radius 3 is 2.34 bits per heavy atom. The number of benzene rings is 1. The highest BCUT2D eigenvalue weighted by atomic mass is 19.4. The molecule has 0 unspecified atom stereocenters. The second-order valence-corrected chi connectivity index (χ2v) is 12.0. The van der Waals surface area contributed by atoms with Crippen LogP contribution in [0.5, 0.6) is 0 Å². The molecule has 1 aliphatic heterocycles. The van der Waals surface area contributed by atoms with E-state index in [1.54, 1.807) is 6.08 Å². The number of nitrogens with zero attached hydrogens (tertiary/aromatic N) is 1. The van der Waals surface area contributed by atoms with Gasteiger partial charge in [0.25, 0.3) is 0 Å². The van der Waals surface area contributed by atoms with E-state index in [0.717, 1.165) is 25.7 Å². The lowest BCUT2D eigenvalue weighted by atomic mass is 9.47. The van der Waals surface area contributed by atoms with E-state index < -0.39 is 46.4 Å². The third kappa shape index (κ3) is 4.13. The molecule has 2 amide bonds. The van der Waals surface area contributed by atoms with Crippen LogP contribution >= 0.6 is 0 Å². The van der Waals surface area contributed by atoms with Gasteiger partial charge in [-0.05, 0) is 86.0 Å². The maximum absolute atomic E-state index is 13.6. The first-order valence-corrected chi connectivity index (χ1v) is 13.1. The maximum Gasteiger partial charge on any atom is 0.418 e. The number of fused-ring (bicyclic) bond motifs is 5. The first kappa shape index (κ1) is 27.1. The number of carbonyl (C=O) groups excluding carboxylic acids is 2.